The summed E-state index contributed by atoms with van der Waals surface area (Å²) in [6.07, 6.45) is 0. The molecule has 14 heavy (non-hydrogen) atoms. The van der Waals surface area contributed by atoms with Gasteiger partial charge in [0, 0.05) is 11.3 Å². The third kappa shape index (κ3) is 1.62. The molecule has 2 rings (SSSR count). The van der Waals surface area contributed by atoms with Gasteiger partial charge in [-0.1, -0.05) is 0 Å². The van der Waals surface area contributed by atoms with E-state index in [9.17, 15) is 4.39 Å². The van der Waals surface area contributed by atoms with Gasteiger partial charge in [-0.2, -0.15) is 0 Å². The van der Waals surface area contributed by atoms with Gasteiger partial charge in [-0.3, -0.25) is 0 Å². The Labute approximate surface area is 81.2 Å². The van der Waals surface area contributed by atoms with Crippen LogP contribution in [0.15, 0.2) is 34.7 Å². The van der Waals surface area contributed by atoms with Gasteiger partial charge in [-0.25, -0.2) is 4.39 Å². The van der Waals surface area contributed by atoms with Crippen molar-refractivity contribution >= 4 is 5.69 Å². The van der Waals surface area contributed by atoms with E-state index in [1.54, 1.807) is 12.1 Å². The first-order valence-electron chi connectivity index (χ1n) is 4.28. The summed E-state index contributed by atoms with van der Waals surface area (Å²) >= 11 is 0. The smallest absolute Gasteiger partial charge is 0.134 e. The predicted octanol–water partition coefficient (Wildman–Crippen LogP) is 2.98. The highest BCUT2D eigenvalue weighted by Crippen LogP contribution is 2.24. The van der Waals surface area contributed by atoms with Crippen molar-refractivity contribution in [1.29, 1.82) is 0 Å². The van der Waals surface area contributed by atoms with E-state index in [0.29, 0.717) is 17.0 Å². The predicted molar refractivity (Wildman–Crippen MR) is 53.3 cm³/mol. The molecule has 0 amide bonds. The molecule has 0 saturated carbocycles. The first-order valence-corrected chi connectivity index (χ1v) is 4.28. The molecule has 0 atom stereocenters. The first-order chi connectivity index (χ1) is 6.65. The third-order valence-electron chi connectivity index (χ3n) is 1.94. The van der Waals surface area contributed by atoms with Crippen LogP contribution in [-0.2, 0) is 0 Å². The number of hydrogen-bond acceptors (Lipinski definition) is 2. The van der Waals surface area contributed by atoms with Crippen LogP contribution in [0.4, 0.5) is 10.1 Å². The van der Waals surface area contributed by atoms with Crippen LogP contribution in [0.25, 0.3) is 11.3 Å². The van der Waals surface area contributed by atoms with Crippen molar-refractivity contribution in [2.75, 3.05) is 5.73 Å². The van der Waals surface area contributed by atoms with E-state index >= 15 is 0 Å². The Morgan fingerprint density at radius 3 is 2.57 bits per heavy atom. The van der Waals surface area contributed by atoms with Gasteiger partial charge in [0.2, 0.25) is 0 Å². The quantitative estimate of drug-likeness (QED) is 0.704. The molecule has 1 aromatic carbocycles. The number of nitrogen functional groups attached to an aromatic ring is 1. The molecule has 2 aromatic rings. The minimum atomic E-state index is -0.353. The molecule has 0 unspecified atom stereocenters. The normalized spacial score (nSPS) is 10.4. The van der Waals surface area contributed by atoms with E-state index < -0.39 is 0 Å². The zero-order valence-corrected chi connectivity index (χ0v) is 7.75. The van der Waals surface area contributed by atoms with E-state index in [1.165, 1.54) is 12.1 Å². The van der Waals surface area contributed by atoms with Crippen LogP contribution in [-0.4, -0.2) is 0 Å². The molecule has 2 nitrogen and oxygen atoms in total. The van der Waals surface area contributed by atoms with Crippen molar-refractivity contribution in [3.8, 4) is 11.3 Å². The molecule has 0 saturated heterocycles. The van der Waals surface area contributed by atoms with Gasteiger partial charge in [0.25, 0.3) is 0 Å². The van der Waals surface area contributed by atoms with Crippen LogP contribution < -0.4 is 5.73 Å². The molecule has 2 N–H and O–H groups in total. The lowest BCUT2D eigenvalue weighted by Gasteiger charge is -1.99. The molecule has 0 aliphatic heterocycles. The summed E-state index contributed by atoms with van der Waals surface area (Å²) in [6, 6.07) is 7.98. The van der Waals surface area contributed by atoms with E-state index in [1.807, 2.05) is 13.0 Å². The fraction of sp³-hybridized carbons (Fsp3) is 0.0909. The SMILES string of the molecule is Cc1ccc(-c2cc(N)cc(F)c2)o1. The van der Waals surface area contributed by atoms with Gasteiger partial charge in [-0.05, 0) is 37.3 Å². The molecule has 72 valence electrons. The first kappa shape index (κ1) is 8.81. The molecular formula is C11H10FNO. The van der Waals surface area contributed by atoms with Crippen LogP contribution in [0.1, 0.15) is 5.76 Å². The van der Waals surface area contributed by atoms with E-state index in [0.717, 1.165) is 5.76 Å². The summed E-state index contributed by atoms with van der Waals surface area (Å²) in [4.78, 5) is 0. The van der Waals surface area contributed by atoms with Crippen LogP contribution in [0.2, 0.25) is 0 Å². The second-order valence-corrected chi connectivity index (χ2v) is 3.18. The number of hydrogen-bond donors (Lipinski definition) is 1. The standard InChI is InChI=1S/C11H10FNO/c1-7-2-3-11(14-7)8-4-9(12)6-10(13)5-8/h2-6H,13H2,1H3. The van der Waals surface area contributed by atoms with Crippen molar-refractivity contribution < 1.29 is 8.81 Å². The maximum absolute atomic E-state index is 13.0. The molecule has 1 aromatic heterocycles. The number of furan rings is 1. The van der Waals surface area contributed by atoms with Crippen molar-refractivity contribution in [3.05, 3.63) is 41.9 Å². The molecule has 0 fully saturated rings. The van der Waals surface area contributed by atoms with E-state index in [4.69, 9.17) is 10.2 Å². The minimum absolute atomic E-state index is 0.353. The van der Waals surface area contributed by atoms with Gasteiger partial charge in [-0.15, -0.1) is 0 Å². The Kier molecular flexibility index (Phi) is 2.00. The maximum atomic E-state index is 13.0. The lowest BCUT2D eigenvalue weighted by molar-refractivity contribution is 0.547. The van der Waals surface area contributed by atoms with Gasteiger partial charge in [0.1, 0.15) is 17.3 Å². The number of aryl methyl sites for hydroxylation is 1. The average Bonchev–Trinajstić information content (AvgIpc) is 2.50. The topological polar surface area (TPSA) is 39.2 Å². The van der Waals surface area contributed by atoms with Crippen molar-refractivity contribution in [3.63, 3.8) is 0 Å². The van der Waals surface area contributed by atoms with Crippen molar-refractivity contribution in [2.24, 2.45) is 0 Å². The fourth-order valence-electron chi connectivity index (χ4n) is 1.34. The molecule has 0 aliphatic rings. The molecule has 1 heterocycles. The lowest BCUT2D eigenvalue weighted by Crippen LogP contribution is -1.87. The highest BCUT2D eigenvalue weighted by atomic mass is 19.1. The van der Waals surface area contributed by atoms with Crippen LogP contribution in [0.5, 0.6) is 0 Å². The number of halogens is 1. The Hall–Kier alpha value is -1.77. The highest BCUT2D eigenvalue weighted by molar-refractivity contribution is 5.63. The van der Waals surface area contributed by atoms with Gasteiger partial charge >= 0.3 is 0 Å². The van der Waals surface area contributed by atoms with Crippen LogP contribution in [0, 0.1) is 12.7 Å². The fourth-order valence-corrected chi connectivity index (χ4v) is 1.34. The summed E-state index contributed by atoms with van der Waals surface area (Å²) in [5.74, 6) is 1.07. The Morgan fingerprint density at radius 2 is 2.00 bits per heavy atom. The monoisotopic (exact) mass is 191 g/mol. The van der Waals surface area contributed by atoms with Crippen LogP contribution >= 0.6 is 0 Å². The zero-order chi connectivity index (χ0) is 10.1. The van der Waals surface area contributed by atoms with Crippen molar-refractivity contribution in [2.45, 2.75) is 6.92 Å². The Balaban J connectivity index is 2.51. The number of benzene rings is 1. The second-order valence-electron chi connectivity index (χ2n) is 3.18. The Morgan fingerprint density at radius 1 is 1.21 bits per heavy atom. The second kappa shape index (κ2) is 3.18. The van der Waals surface area contributed by atoms with Crippen molar-refractivity contribution in [1.82, 2.24) is 0 Å². The van der Waals surface area contributed by atoms with Gasteiger partial charge in [0.15, 0.2) is 0 Å². The number of anilines is 1. The third-order valence-corrected chi connectivity index (χ3v) is 1.94. The largest absolute Gasteiger partial charge is 0.461 e. The summed E-state index contributed by atoms with van der Waals surface area (Å²) in [7, 11) is 0. The van der Waals surface area contributed by atoms with E-state index in [2.05, 4.69) is 0 Å². The highest BCUT2D eigenvalue weighted by Gasteiger charge is 2.04. The Bertz CT molecular complexity index is 442. The minimum Gasteiger partial charge on any atom is -0.461 e. The lowest BCUT2D eigenvalue weighted by atomic mass is 10.1. The van der Waals surface area contributed by atoms with Gasteiger partial charge < -0.3 is 10.2 Å². The van der Waals surface area contributed by atoms with Gasteiger partial charge in [0.05, 0.1) is 0 Å². The maximum Gasteiger partial charge on any atom is 0.134 e. The van der Waals surface area contributed by atoms with E-state index in [-0.39, 0.29) is 5.82 Å². The average molecular weight is 191 g/mol. The summed E-state index contributed by atoms with van der Waals surface area (Å²) in [5, 5.41) is 0. The molecule has 0 spiro atoms. The summed E-state index contributed by atoms with van der Waals surface area (Å²) in [5.41, 5.74) is 6.58. The molecule has 3 heteroatoms. The summed E-state index contributed by atoms with van der Waals surface area (Å²) in [6.45, 7) is 1.84. The molecule has 0 radical (unpaired) electrons. The molecule has 0 aliphatic carbocycles. The number of rotatable bonds is 1. The zero-order valence-electron chi connectivity index (χ0n) is 7.75. The molecule has 0 bridgehead atoms. The number of nitrogens with two attached hydrogens (primary N) is 1. The molecular weight excluding hydrogens is 181 g/mol. The van der Waals surface area contributed by atoms with Crippen LogP contribution in [0.3, 0.4) is 0 Å². The summed E-state index contributed by atoms with van der Waals surface area (Å²) < 4.78 is 18.4.